The van der Waals surface area contributed by atoms with E-state index < -0.39 is 0 Å². The summed E-state index contributed by atoms with van der Waals surface area (Å²) in [5.41, 5.74) is 6.98. The molecule has 0 aromatic carbocycles. The molecule has 0 spiro atoms. The second-order valence-electron chi connectivity index (χ2n) is 6.53. The minimum atomic E-state index is 0.360. The Morgan fingerprint density at radius 2 is 1.46 bits per heavy atom. The third-order valence-electron chi connectivity index (χ3n) is 3.33. The molecule has 0 radical (unpaired) electrons. The molecule has 1 nitrogen and oxygen atoms in total. The standard InChI is InChI=1S/C12H25N/c1-9(13)10-6-11(2,3)8-12(4,5)7-10/h9-10H,6-8,13H2,1-5H3. The third kappa shape index (κ3) is 2.98. The average Bonchev–Trinajstić information content (AvgIpc) is 1.79. The lowest BCUT2D eigenvalue weighted by Crippen LogP contribution is -2.40. The maximum absolute atomic E-state index is 6.01. The van der Waals surface area contributed by atoms with Gasteiger partial charge in [-0.1, -0.05) is 27.7 Å². The largest absolute Gasteiger partial charge is 0.328 e. The van der Waals surface area contributed by atoms with Gasteiger partial charge in [0.2, 0.25) is 0 Å². The summed E-state index contributed by atoms with van der Waals surface area (Å²) in [6.45, 7) is 11.7. The molecule has 0 heterocycles. The van der Waals surface area contributed by atoms with Crippen LogP contribution in [0.25, 0.3) is 0 Å². The topological polar surface area (TPSA) is 26.0 Å². The van der Waals surface area contributed by atoms with Crippen molar-refractivity contribution in [3.8, 4) is 0 Å². The quantitative estimate of drug-likeness (QED) is 0.664. The highest BCUT2D eigenvalue weighted by Gasteiger charge is 2.39. The Bertz CT molecular complexity index is 164. The fourth-order valence-corrected chi connectivity index (χ4v) is 3.30. The number of nitrogens with two attached hydrogens (primary N) is 1. The SMILES string of the molecule is CC(N)C1CC(C)(C)CC(C)(C)C1. The Morgan fingerprint density at radius 1 is 1.08 bits per heavy atom. The molecule has 2 N–H and O–H groups in total. The van der Waals surface area contributed by atoms with Crippen LogP contribution in [-0.4, -0.2) is 6.04 Å². The van der Waals surface area contributed by atoms with Gasteiger partial charge in [-0.3, -0.25) is 0 Å². The van der Waals surface area contributed by atoms with E-state index in [0.29, 0.717) is 16.9 Å². The van der Waals surface area contributed by atoms with Gasteiger partial charge in [0.25, 0.3) is 0 Å². The van der Waals surface area contributed by atoms with Crippen LogP contribution in [0.5, 0.6) is 0 Å². The van der Waals surface area contributed by atoms with E-state index in [4.69, 9.17) is 5.73 Å². The zero-order valence-corrected chi connectivity index (χ0v) is 9.85. The van der Waals surface area contributed by atoms with Gasteiger partial charge in [0, 0.05) is 6.04 Å². The van der Waals surface area contributed by atoms with Crippen molar-refractivity contribution in [1.82, 2.24) is 0 Å². The first-order chi connectivity index (χ1) is 5.72. The Hall–Kier alpha value is -0.0400. The van der Waals surface area contributed by atoms with E-state index in [2.05, 4.69) is 34.6 Å². The molecule has 1 unspecified atom stereocenters. The van der Waals surface area contributed by atoms with Crippen molar-refractivity contribution >= 4 is 0 Å². The second kappa shape index (κ2) is 3.27. The van der Waals surface area contributed by atoms with E-state index >= 15 is 0 Å². The van der Waals surface area contributed by atoms with Crippen molar-refractivity contribution in [3.05, 3.63) is 0 Å². The van der Waals surface area contributed by atoms with Gasteiger partial charge < -0.3 is 5.73 Å². The molecular weight excluding hydrogens is 158 g/mol. The summed E-state index contributed by atoms with van der Waals surface area (Å²) in [5.74, 6) is 0.721. The van der Waals surface area contributed by atoms with Gasteiger partial charge in [-0.25, -0.2) is 0 Å². The van der Waals surface area contributed by atoms with Crippen molar-refractivity contribution in [1.29, 1.82) is 0 Å². The maximum Gasteiger partial charge on any atom is 0.00391 e. The predicted molar refractivity (Wildman–Crippen MR) is 58.6 cm³/mol. The molecule has 1 rings (SSSR count). The lowest BCUT2D eigenvalue weighted by atomic mass is 9.60. The normalized spacial score (nSPS) is 30.0. The van der Waals surface area contributed by atoms with Crippen molar-refractivity contribution in [2.24, 2.45) is 22.5 Å². The summed E-state index contributed by atoms with van der Waals surface area (Å²) in [4.78, 5) is 0. The van der Waals surface area contributed by atoms with E-state index in [0.717, 1.165) is 5.92 Å². The van der Waals surface area contributed by atoms with Crippen LogP contribution in [0.1, 0.15) is 53.9 Å². The molecule has 0 saturated heterocycles. The van der Waals surface area contributed by atoms with Crippen molar-refractivity contribution < 1.29 is 0 Å². The first kappa shape index (κ1) is 11.0. The Labute approximate surface area is 83.1 Å². The zero-order valence-electron chi connectivity index (χ0n) is 9.85. The third-order valence-corrected chi connectivity index (χ3v) is 3.33. The molecule has 1 aliphatic rings. The molecule has 0 aliphatic heterocycles. The summed E-state index contributed by atoms with van der Waals surface area (Å²) < 4.78 is 0. The van der Waals surface area contributed by atoms with Gasteiger partial charge in [-0.2, -0.15) is 0 Å². The zero-order chi connectivity index (χ0) is 10.3. The molecular formula is C12H25N. The molecule has 1 fully saturated rings. The van der Waals surface area contributed by atoms with Crippen LogP contribution in [0.4, 0.5) is 0 Å². The van der Waals surface area contributed by atoms with Crippen molar-refractivity contribution in [3.63, 3.8) is 0 Å². The molecule has 0 aromatic heterocycles. The van der Waals surface area contributed by atoms with E-state index in [-0.39, 0.29) is 0 Å². The first-order valence-electron chi connectivity index (χ1n) is 5.47. The summed E-state index contributed by atoms with van der Waals surface area (Å²) in [6, 6.07) is 0.360. The highest BCUT2D eigenvalue weighted by Crippen LogP contribution is 2.48. The Morgan fingerprint density at radius 3 is 1.77 bits per heavy atom. The van der Waals surface area contributed by atoms with Crippen molar-refractivity contribution in [2.45, 2.75) is 59.9 Å². The lowest BCUT2D eigenvalue weighted by Gasteiger charge is -2.46. The lowest BCUT2D eigenvalue weighted by molar-refractivity contribution is 0.0586. The summed E-state index contributed by atoms with van der Waals surface area (Å²) in [7, 11) is 0. The van der Waals surface area contributed by atoms with Crippen LogP contribution in [-0.2, 0) is 0 Å². The van der Waals surface area contributed by atoms with E-state index in [1.54, 1.807) is 0 Å². The number of hydrogen-bond acceptors (Lipinski definition) is 1. The molecule has 1 atom stereocenters. The summed E-state index contributed by atoms with van der Waals surface area (Å²) in [6.07, 6.45) is 3.94. The van der Waals surface area contributed by atoms with Crippen molar-refractivity contribution in [2.75, 3.05) is 0 Å². The van der Waals surface area contributed by atoms with Crippen LogP contribution < -0.4 is 5.73 Å². The summed E-state index contributed by atoms with van der Waals surface area (Å²) >= 11 is 0. The second-order valence-corrected chi connectivity index (χ2v) is 6.53. The average molecular weight is 183 g/mol. The van der Waals surface area contributed by atoms with Gasteiger partial charge >= 0.3 is 0 Å². The van der Waals surface area contributed by atoms with Crippen LogP contribution in [0.15, 0.2) is 0 Å². The Balaban J connectivity index is 2.72. The van der Waals surface area contributed by atoms with Gasteiger partial charge in [0.05, 0.1) is 0 Å². The maximum atomic E-state index is 6.01. The smallest absolute Gasteiger partial charge is 0.00391 e. The van der Waals surface area contributed by atoms with Gasteiger partial charge in [-0.05, 0) is 42.9 Å². The first-order valence-corrected chi connectivity index (χ1v) is 5.47. The van der Waals surface area contributed by atoms with Gasteiger partial charge in [0.1, 0.15) is 0 Å². The minimum absolute atomic E-state index is 0.360. The number of hydrogen-bond donors (Lipinski definition) is 1. The van der Waals surface area contributed by atoms with Crippen LogP contribution in [0, 0.1) is 16.7 Å². The molecule has 1 saturated carbocycles. The summed E-state index contributed by atoms with van der Waals surface area (Å²) in [5, 5.41) is 0. The highest BCUT2D eigenvalue weighted by molar-refractivity contribution is 4.91. The number of rotatable bonds is 1. The van der Waals surface area contributed by atoms with E-state index in [1.807, 2.05) is 0 Å². The highest BCUT2D eigenvalue weighted by atomic mass is 14.6. The fraction of sp³-hybridized carbons (Fsp3) is 1.00. The minimum Gasteiger partial charge on any atom is -0.328 e. The molecule has 0 amide bonds. The van der Waals surface area contributed by atoms with E-state index in [9.17, 15) is 0 Å². The molecule has 0 bridgehead atoms. The van der Waals surface area contributed by atoms with Crippen LogP contribution in [0.3, 0.4) is 0 Å². The van der Waals surface area contributed by atoms with Gasteiger partial charge in [0.15, 0.2) is 0 Å². The predicted octanol–water partition coefficient (Wildman–Crippen LogP) is 3.19. The molecule has 13 heavy (non-hydrogen) atoms. The monoisotopic (exact) mass is 183 g/mol. The molecule has 78 valence electrons. The van der Waals surface area contributed by atoms with Crippen LogP contribution >= 0.6 is 0 Å². The van der Waals surface area contributed by atoms with Gasteiger partial charge in [-0.15, -0.1) is 0 Å². The Kier molecular flexibility index (Phi) is 2.78. The molecule has 0 aromatic rings. The molecule has 1 aliphatic carbocycles. The van der Waals surface area contributed by atoms with Crippen LogP contribution in [0.2, 0.25) is 0 Å². The molecule has 1 heteroatoms. The van der Waals surface area contributed by atoms with E-state index in [1.165, 1.54) is 19.3 Å². The fourth-order valence-electron chi connectivity index (χ4n) is 3.30.